The first-order chi connectivity index (χ1) is 10.3. The molecule has 0 saturated carbocycles. The second-order valence-corrected chi connectivity index (χ2v) is 5.72. The molecule has 2 aliphatic heterocycles. The van der Waals surface area contributed by atoms with Gasteiger partial charge in [0, 0.05) is 17.3 Å². The number of hydrogen-bond donors (Lipinski definition) is 0. The van der Waals surface area contributed by atoms with Crippen molar-refractivity contribution >= 4 is 11.6 Å². The molecule has 4 rings (SSSR count). The summed E-state index contributed by atoms with van der Waals surface area (Å²) < 4.78 is 5.28. The molecule has 0 aromatic heterocycles. The third-order valence-corrected chi connectivity index (χ3v) is 4.58. The van der Waals surface area contributed by atoms with Gasteiger partial charge < -0.3 is 9.64 Å². The maximum absolute atomic E-state index is 13.0. The second-order valence-electron chi connectivity index (χ2n) is 5.72. The molecule has 0 fully saturated rings. The zero-order valence-corrected chi connectivity index (χ0v) is 12.0. The van der Waals surface area contributed by atoms with E-state index in [0.29, 0.717) is 0 Å². The number of carbonyl (C=O) groups excluding carboxylic acids is 1. The number of rotatable bonds is 1. The van der Waals surface area contributed by atoms with E-state index >= 15 is 0 Å². The number of benzene rings is 2. The molecule has 2 heterocycles. The number of nitrogens with zero attached hydrogens (tertiary/aromatic N) is 1. The lowest BCUT2D eigenvalue weighted by atomic mass is 10.00. The van der Waals surface area contributed by atoms with Gasteiger partial charge in [-0.25, -0.2) is 0 Å². The maximum atomic E-state index is 13.0. The fraction of sp³-hybridized carbons (Fsp3) is 0.278. The van der Waals surface area contributed by atoms with Gasteiger partial charge in [0.1, 0.15) is 5.75 Å². The summed E-state index contributed by atoms with van der Waals surface area (Å²) in [5.41, 5.74) is 4.27. The minimum absolute atomic E-state index is 0.108. The highest BCUT2D eigenvalue weighted by Crippen LogP contribution is 2.38. The lowest BCUT2D eigenvalue weighted by Crippen LogP contribution is -2.36. The van der Waals surface area contributed by atoms with E-state index in [1.165, 1.54) is 5.56 Å². The third kappa shape index (κ3) is 1.84. The number of para-hydroxylation sites is 1. The van der Waals surface area contributed by atoms with Gasteiger partial charge >= 0.3 is 0 Å². The Labute approximate surface area is 124 Å². The molecule has 2 aromatic rings. The number of amides is 1. The summed E-state index contributed by atoms with van der Waals surface area (Å²) in [5.74, 6) is 0.851. The van der Waals surface area contributed by atoms with Crippen molar-refractivity contribution in [2.24, 2.45) is 0 Å². The van der Waals surface area contributed by atoms with Crippen LogP contribution in [0, 0.1) is 0 Å². The van der Waals surface area contributed by atoms with E-state index in [0.717, 1.165) is 41.8 Å². The number of ether oxygens (including phenoxy) is 1. The number of carbonyl (C=O) groups is 1. The number of fused-ring (bicyclic) bond motifs is 4. The summed E-state index contributed by atoms with van der Waals surface area (Å²) in [6.45, 7) is 0. The van der Waals surface area contributed by atoms with Crippen molar-refractivity contribution in [1.29, 1.82) is 0 Å². The lowest BCUT2D eigenvalue weighted by molar-refractivity contribution is 0.0981. The van der Waals surface area contributed by atoms with E-state index in [1.54, 1.807) is 7.11 Å². The normalized spacial score (nSPS) is 19.6. The highest BCUT2D eigenvalue weighted by molar-refractivity contribution is 6.09. The van der Waals surface area contributed by atoms with E-state index in [4.69, 9.17) is 4.74 Å². The van der Waals surface area contributed by atoms with Gasteiger partial charge in [-0.15, -0.1) is 0 Å². The molecular formula is C18H17NO2. The molecule has 0 aliphatic carbocycles. The van der Waals surface area contributed by atoms with E-state index in [1.807, 2.05) is 35.2 Å². The van der Waals surface area contributed by atoms with Crippen molar-refractivity contribution < 1.29 is 9.53 Å². The van der Waals surface area contributed by atoms with Crippen molar-refractivity contribution in [1.82, 2.24) is 0 Å². The Kier molecular flexibility index (Phi) is 2.74. The SMILES string of the molecule is COc1ccc2c(c1)C(=O)N1c3ccccc3C[C@H]1CC2. The molecule has 2 aromatic carbocycles. The van der Waals surface area contributed by atoms with Gasteiger partial charge in [0.2, 0.25) is 0 Å². The molecule has 21 heavy (non-hydrogen) atoms. The molecule has 0 N–H and O–H groups in total. The molecule has 1 amide bonds. The Morgan fingerprint density at radius 3 is 2.86 bits per heavy atom. The van der Waals surface area contributed by atoms with Crippen LogP contribution in [0.2, 0.25) is 0 Å². The lowest BCUT2D eigenvalue weighted by Gasteiger charge is -2.23. The van der Waals surface area contributed by atoms with E-state index < -0.39 is 0 Å². The molecule has 1 atom stereocenters. The molecule has 0 bridgehead atoms. The first kappa shape index (κ1) is 12.5. The monoisotopic (exact) mass is 279 g/mol. The van der Waals surface area contributed by atoms with E-state index in [2.05, 4.69) is 12.1 Å². The van der Waals surface area contributed by atoms with Crippen LogP contribution >= 0.6 is 0 Å². The topological polar surface area (TPSA) is 29.5 Å². The van der Waals surface area contributed by atoms with Crippen molar-refractivity contribution in [3.8, 4) is 5.75 Å². The Bertz CT molecular complexity index is 723. The second kappa shape index (κ2) is 4.62. The van der Waals surface area contributed by atoms with Crippen LogP contribution in [0.3, 0.4) is 0 Å². The average Bonchev–Trinajstić information content (AvgIpc) is 2.84. The molecule has 3 heteroatoms. The van der Waals surface area contributed by atoms with Crippen molar-refractivity contribution in [3.05, 3.63) is 59.2 Å². The van der Waals surface area contributed by atoms with Crippen LogP contribution in [0.25, 0.3) is 0 Å². The summed E-state index contributed by atoms with van der Waals surface area (Å²) in [7, 11) is 1.64. The van der Waals surface area contributed by atoms with Crippen LogP contribution in [-0.2, 0) is 12.8 Å². The number of anilines is 1. The highest BCUT2D eigenvalue weighted by atomic mass is 16.5. The smallest absolute Gasteiger partial charge is 0.258 e. The molecular weight excluding hydrogens is 262 g/mol. The quantitative estimate of drug-likeness (QED) is 0.802. The summed E-state index contributed by atoms with van der Waals surface area (Å²) >= 11 is 0. The molecule has 0 radical (unpaired) electrons. The Morgan fingerprint density at radius 1 is 1.14 bits per heavy atom. The predicted octanol–water partition coefficient (Wildman–Crippen LogP) is 3.21. The van der Waals surface area contributed by atoms with Crippen LogP contribution in [0.1, 0.15) is 27.9 Å². The van der Waals surface area contributed by atoms with Crippen LogP contribution in [0.4, 0.5) is 5.69 Å². The van der Waals surface area contributed by atoms with Gasteiger partial charge in [-0.1, -0.05) is 24.3 Å². The predicted molar refractivity (Wildman–Crippen MR) is 82.1 cm³/mol. The van der Waals surface area contributed by atoms with Crippen LogP contribution in [0.5, 0.6) is 5.75 Å². The minimum atomic E-state index is 0.108. The Balaban J connectivity index is 1.83. The van der Waals surface area contributed by atoms with Crippen molar-refractivity contribution in [2.45, 2.75) is 25.3 Å². The van der Waals surface area contributed by atoms with Gasteiger partial charge in [0.05, 0.1) is 7.11 Å². The molecule has 3 nitrogen and oxygen atoms in total. The molecule has 0 spiro atoms. The van der Waals surface area contributed by atoms with E-state index in [-0.39, 0.29) is 11.9 Å². The minimum Gasteiger partial charge on any atom is -0.497 e. The molecule has 0 unspecified atom stereocenters. The maximum Gasteiger partial charge on any atom is 0.258 e. The Morgan fingerprint density at radius 2 is 2.00 bits per heavy atom. The van der Waals surface area contributed by atoms with Gasteiger partial charge in [0.25, 0.3) is 5.91 Å². The van der Waals surface area contributed by atoms with Crippen molar-refractivity contribution in [3.63, 3.8) is 0 Å². The van der Waals surface area contributed by atoms with Gasteiger partial charge in [0.15, 0.2) is 0 Å². The summed E-state index contributed by atoms with van der Waals surface area (Å²) in [6, 6.07) is 14.4. The fourth-order valence-corrected chi connectivity index (χ4v) is 3.52. The summed E-state index contributed by atoms with van der Waals surface area (Å²) in [6.07, 6.45) is 2.92. The largest absolute Gasteiger partial charge is 0.497 e. The number of hydrogen-bond acceptors (Lipinski definition) is 2. The first-order valence-corrected chi connectivity index (χ1v) is 7.36. The molecule has 0 saturated heterocycles. The highest BCUT2D eigenvalue weighted by Gasteiger charge is 2.36. The zero-order chi connectivity index (χ0) is 14.4. The third-order valence-electron chi connectivity index (χ3n) is 4.58. The zero-order valence-electron chi connectivity index (χ0n) is 12.0. The average molecular weight is 279 g/mol. The standard InChI is InChI=1S/C18H17NO2/c1-21-15-9-7-12-6-8-14-10-13-4-2-3-5-17(13)19(14)18(20)16(12)11-15/h2-5,7,9,11,14H,6,8,10H2,1H3/t14-/m1/s1. The van der Waals surface area contributed by atoms with E-state index in [9.17, 15) is 4.79 Å². The molecule has 106 valence electrons. The fourth-order valence-electron chi connectivity index (χ4n) is 3.52. The number of aryl methyl sites for hydroxylation is 1. The summed E-state index contributed by atoms with van der Waals surface area (Å²) in [5, 5.41) is 0. The first-order valence-electron chi connectivity index (χ1n) is 7.36. The van der Waals surface area contributed by atoms with Crippen LogP contribution in [-0.4, -0.2) is 19.1 Å². The summed E-state index contributed by atoms with van der Waals surface area (Å²) in [4.78, 5) is 15.0. The van der Waals surface area contributed by atoms with Gasteiger partial charge in [-0.2, -0.15) is 0 Å². The van der Waals surface area contributed by atoms with Crippen LogP contribution in [0.15, 0.2) is 42.5 Å². The molecule has 2 aliphatic rings. The number of methoxy groups -OCH3 is 1. The van der Waals surface area contributed by atoms with Crippen molar-refractivity contribution in [2.75, 3.05) is 12.0 Å². The van der Waals surface area contributed by atoms with Gasteiger partial charge in [-0.3, -0.25) is 4.79 Å². The van der Waals surface area contributed by atoms with Gasteiger partial charge in [-0.05, 0) is 48.6 Å². The Hall–Kier alpha value is -2.29. The van der Waals surface area contributed by atoms with Crippen LogP contribution < -0.4 is 9.64 Å².